The molecule has 2 atom stereocenters. The SMILES string of the molecule is COc1ccc(O)c(C2=NN3[C@H](C2)c2cc(Cl)ccc2O[C@@H]3c2ccncc2)c1. The van der Waals surface area contributed by atoms with Gasteiger partial charge in [0.15, 0.2) is 0 Å². The van der Waals surface area contributed by atoms with Crippen molar-refractivity contribution in [3.8, 4) is 17.2 Å². The molecule has 0 saturated carbocycles. The van der Waals surface area contributed by atoms with Gasteiger partial charge in [0.1, 0.15) is 17.2 Å². The number of benzene rings is 2. The Balaban J connectivity index is 1.62. The number of aromatic nitrogens is 1. The van der Waals surface area contributed by atoms with Crippen LogP contribution in [0.25, 0.3) is 0 Å². The van der Waals surface area contributed by atoms with Crippen molar-refractivity contribution >= 4 is 17.3 Å². The number of halogens is 1. The highest BCUT2D eigenvalue weighted by atomic mass is 35.5. The van der Waals surface area contributed by atoms with Crippen LogP contribution in [-0.2, 0) is 0 Å². The lowest BCUT2D eigenvalue weighted by Gasteiger charge is -2.38. The molecule has 0 spiro atoms. The van der Waals surface area contributed by atoms with E-state index in [2.05, 4.69) is 4.98 Å². The van der Waals surface area contributed by atoms with E-state index in [0.29, 0.717) is 22.8 Å². The van der Waals surface area contributed by atoms with E-state index in [4.69, 9.17) is 26.2 Å². The van der Waals surface area contributed by atoms with E-state index in [9.17, 15) is 5.11 Å². The van der Waals surface area contributed by atoms with Crippen LogP contribution in [-0.4, -0.2) is 27.9 Å². The summed E-state index contributed by atoms with van der Waals surface area (Å²) in [6.45, 7) is 0. The predicted octanol–water partition coefficient (Wildman–Crippen LogP) is 4.69. The summed E-state index contributed by atoms with van der Waals surface area (Å²) in [5.41, 5.74) is 3.34. The minimum atomic E-state index is -0.401. The van der Waals surface area contributed by atoms with Gasteiger partial charge in [0.25, 0.3) is 0 Å². The predicted molar refractivity (Wildman–Crippen MR) is 109 cm³/mol. The van der Waals surface area contributed by atoms with Gasteiger partial charge < -0.3 is 14.6 Å². The maximum Gasteiger partial charge on any atom is 0.213 e. The molecule has 29 heavy (non-hydrogen) atoms. The third-order valence-electron chi connectivity index (χ3n) is 5.26. The number of pyridine rings is 1. The lowest BCUT2D eigenvalue weighted by atomic mass is 9.95. The van der Waals surface area contributed by atoms with E-state index in [-0.39, 0.29) is 11.8 Å². The fraction of sp³-hybridized carbons (Fsp3) is 0.182. The van der Waals surface area contributed by atoms with E-state index >= 15 is 0 Å². The van der Waals surface area contributed by atoms with Crippen LogP contribution in [0.3, 0.4) is 0 Å². The Kier molecular flexibility index (Phi) is 4.28. The van der Waals surface area contributed by atoms with Gasteiger partial charge in [-0.1, -0.05) is 11.6 Å². The van der Waals surface area contributed by atoms with E-state index in [1.54, 1.807) is 37.7 Å². The first-order valence-electron chi connectivity index (χ1n) is 9.23. The minimum absolute atomic E-state index is 0.0591. The second-order valence-electron chi connectivity index (χ2n) is 6.96. The summed E-state index contributed by atoms with van der Waals surface area (Å²) in [5.74, 6) is 1.61. The van der Waals surface area contributed by atoms with Crippen molar-refractivity contribution < 1.29 is 14.6 Å². The first-order chi connectivity index (χ1) is 14.1. The zero-order chi connectivity index (χ0) is 20.0. The van der Waals surface area contributed by atoms with Crippen LogP contribution >= 0.6 is 11.6 Å². The topological polar surface area (TPSA) is 67.2 Å². The number of methoxy groups -OCH3 is 1. The van der Waals surface area contributed by atoms with Crippen molar-refractivity contribution in [2.45, 2.75) is 18.7 Å². The van der Waals surface area contributed by atoms with Gasteiger partial charge in [0, 0.05) is 40.5 Å². The van der Waals surface area contributed by atoms with E-state index < -0.39 is 6.23 Å². The number of aromatic hydroxyl groups is 1. The van der Waals surface area contributed by atoms with Crippen LogP contribution in [0.4, 0.5) is 0 Å². The average molecular weight is 408 g/mol. The third kappa shape index (κ3) is 3.06. The first-order valence-corrected chi connectivity index (χ1v) is 9.61. The van der Waals surface area contributed by atoms with Gasteiger partial charge in [-0.3, -0.25) is 4.98 Å². The van der Waals surface area contributed by atoms with Crippen molar-refractivity contribution in [1.29, 1.82) is 0 Å². The van der Waals surface area contributed by atoms with E-state index in [1.165, 1.54) is 0 Å². The van der Waals surface area contributed by atoms with Gasteiger partial charge in [-0.15, -0.1) is 0 Å². The number of ether oxygens (including phenoxy) is 2. The molecule has 0 aliphatic carbocycles. The molecule has 2 aliphatic heterocycles. The van der Waals surface area contributed by atoms with Gasteiger partial charge in [-0.25, -0.2) is 5.01 Å². The number of hydrogen-bond acceptors (Lipinski definition) is 6. The van der Waals surface area contributed by atoms with Gasteiger partial charge in [-0.2, -0.15) is 5.10 Å². The molecular weight excluding hydrogens is 390 g/mol. The van der Waals surface area contributed by atoms with Crippen LogP contribution in [0.5, 0.6) is 17.2 Å². The molecule has 5 rings (SSSR count). The molecule has 0 amide bonds. The number of phenols is 1. The van der Waals surface area contributed by atoms with E-state index in [1.807, 2.05) is 35.3 Å². The molecule has 2 aliphatic rings. The lowest BCUT2D eigenvalue weighted by Crippen LogP contribution is -2.33. The summed E-state index contributed by atoms with van der Waals surface area (Å²) in [6, 6.07) is 14.5. The fourth-order valence-corrected chi connectivity index (χ4v) is 4.02. The Morgan fingerprint density at radius 2 is 1.97 bits per heavy atom. The second kappa shape index (κ2) is 6.97. The fourth-order valence-electron chi connectivity index (χ4n) is 3.84. The zero-order valence-electron chi connectivity index (χ0n) is 15.6. The number of hydrazone groups is 1. The van der Waals surface area contributed by atoms with Gasteiger partial charge >= 0.3 is 0 Å². The smallest absolute Gasteiger partial charge is 0.213 e. The zero-order valence-corrected chi connectivity index (χ0v) is 16.4. The number of hydrogen-bond donors (Lipinski definition) is 1. The van der Waals surface area contributed by atoms with Crippen molar-refractivity contribution in [3.05, 3.63) is 82.6 Å². The molecule has 0 unspecified atom stereocenters. The summed E-state index contributed by atoms with van der Waals surface area (Å²) < 4.78 is 11.6. The summed E-state index contributed by atoms with van der Waals surface area (Å²) in [7, 11) is 1.60. The molecule has 1 aromatic heterocycles. The highest BCUT2D eigenvalue weighted by molar-refractivity contribution is 6.30. The molecule has 3 heterocycles. The largest absolute Gasteiger partial charge is 0.507 e. The molecule has 0 saturated heterocycles. The first kappa shape index (κ1) is 17.8. The van der Waals surface area contributed by atoms with Gasteiger partial charge in [0.05, 0.1) is 18.9 Å². The third-order valence-corrected chi connectivity index (χ3v) is 5.49. The maximum atomic E-state index is 10.4. The Hall–Kier alpha value is -3.25. The van der Waals surface area contributed by atoms with E-state index in [0.717, 1.165) is 22.6 Å². The van der Waals surface area contributed by atoms with Crippen LogP contribution in [0.15, 0.2) is 66.0 Å². The average Bonchev–Trinajstić information content (AvgIpc) is 3.20. The Morgan fingerprint density at radius 3 is 2.76 bits per heavy atom. The van der Waals surface area contributed by atoms with Crippen LogP contribution in [0.1, 0.15) is 35.4 Å². The van der Waals surface area contributed by atoms with Crippen molar-refractivity contribution in [1.82, 2.24) is 9.99 Å². The molecule has 0 radical (unpaired) electrons. The second-order valence-corrected chi connectivity index (χ2v) is 7.40. The molecule has 0 bridgehead atoms. The molecule has 7 heteroatoms. The number of fused-ring (bicyclic) bond motifs is 3. The Morgan fingerprint density at radius 1 is 1.14 bits per heavy atom. The monoisotopic (exact) mass is 407 g/mol. The molecule has 146 valence electrons. The molecule has 1 N–H and O–H groups in total. The Bertz CT molecular complexity index is 1100. The van der Waals surface area contributed by atoms with Crippen LogP contribution in [0, 0.1) is 0 Å². The van der Waals surface area contributed by atoms with Crippen molar-refractivity contribution in [3.63, 3.8) is 0 Å². The summed E-state index contributed by atoms with van der Waals surface area (Å²) in [4.78, 5) is 4.10. The number of nitrogens with zero attached hydrogens (tertiary/aromatic N) is 3. The summed E-state index contributed by atoms with van der Waals surface area (Å²) in [6.07, 6.45) is 3.68. The molecular formula is C22H18ClN3O3. The Labute approximate surface area is 173 Å². The molecule has 2 aromatic carbocycles. The normalized spacial score (nSPS) is 19.8. The highest BCUT2D eigenvalue weighted by Gasteiger charge is 2.41. The molecule has 6 nitrogen and oxygen atoms in total. The van der Waals surface area contributed by atoms with Crippen LogP contribution < -0.4 is 9.47 Å². The number of phenolic OH excluding ortho intramolecular Hbond substituents is 1. The summed E-state index contributed by atoms with van der Waals surface area (Å²) >= 11 is 6.26. The van der Waals surface area contributed by atoms with Gasteiger partial charge in [0.2, 0.25) is 6.23 Å². The number of rotatable bonds is 3. The molecule has 3 aromatic rings. The maximum absolute atomic E-state index is 10.4. The van der Waals surface area contributed by atoms with Gasteiger partial charge in [-0.05, 0) is 48.5 Å². The van der Waals surface area contributed by atoms with Crippen molar-refractivity contribution in [2.75, 3.05) is 7.11 Å². The molecule has 0 fully saturated rings. The standard InChI is InChI=1S/C22H18ClN3O3/c1-28-15-3-4-20(27)16(11-15)18-12-19-17-10-14(23)2-5-21(17)29-22(26(19)25-18)13-6-8-24-9-7-13/h2-11,19,22,27H,12H2,1H3/t19-,22-/m1/s1. The summed E-state index contributed by atoms with van der Waals surface area (Å²) in [5, 5.41) is 17.9. The lowest BCUT2D eigenvalue weighted by molar-refractivity contribution is -0.0190. The van der Waals surface area contributed by atoms with Crippen molar-refractivity contribution in [2.24, 2.45) is 5.10 Å². The quantitative estimate of drug-likeness (QED) is 0.682. The van der Waals surface area contributed by atoms with Crippen LogP contribution in [0.2, 0.25) is 5.02 Å². The minimum Gasteiger partial charge on any atom is -0.507 e. The highest BCUT2D eigenvalue weighted by Crippen LogP contribution is 2.48.